The molecule has 1 aliphatic rings. The third-order valence-corrected chi connectivity index (χ3v) is 4.33. The second-order valence-corrected chi connectivity index (χ2v) is 6.15. The molecule has 1 aliphatic heterocycles. The standard InChI is InChI=1S/C17H23N3/c1-11(2)13-7-9-14(10-8-13)16-17(18)20-12(3)5-4-6-15(20)19-16/h7-12H,4-6,18H2,1-3H3. The van der Waals surface area contributed by atoms with Crippen molar-refractivity contribution in [3.8, 4) is 11.3 Å². The second-order valence-electron chi connectivity index (χ2n) is 6.15. The highest BCUT2D eigenvalue weighted by atomic mass is 15.2. The Labute approximate surface area is 120 Å². The molecule has 2 N–H and O–H groups in total. The van der Waals surface area contributed by atoms with Gasteiger partial charge in [0.25, 0.3) is 0 Å². The van der Waals surface area contributed by atoms with Crippen LogP contribution < -0.4 is 5.73 Å². The lowest BCUT2D eigenvalue weighted by Crippen LogP contribution is -2.16. The summed E-state index contributed by atoms with van der Waals surface area (Å²) in [6, 6.07) is 9.12. The van der Waals surface area contributed by atoms with Gasteiger partial charge in [-0.3, -0.25) is 0 Å². The first kappa shape index (κ1) is 13.2. The van der Waals surface area contributed by atoms with Crippen LogP contribution >= 0.6 is 0 Å². The highest BCUT2D eigenvalue weighted by Crippen LogP contribution is 2.34. The van der Waals surface area contributed by atoms with Crippen molar-refractivity contribution in [2.24, 2.45) is 0 Å². The molecular weight excluding hydrogens is 246 g/mol. The van der Waals surface area contributed by atoms with Gasteiger partial charge in [0.05, 0.1) is 0 Å². The summed E-state index contributed by atoms with van der Waals surface area (Å²) in [5.74, 6) is 2.52. The van der Waals surface area contributed by atoms with Crippen LogP contribution in [0.3, 0.4) is 0 Å². The van der Waals surface area contributed by atoms with Crippen LogP contribution in [-0.4, -0.2) is 9.55 Å². The quantitative estimate of drug-likeness (QED) is 0.890. The first-order valence-electron chi connectivity index (χ1n) is 7.55. The molecular formula is C17H23N3. The van der Waals surface area contributed by atoms with Gasteiger partial charge in [-0.2, -0.15) is 0 Å². The second kappa shape index (κ2) is 4.97. The summed E-state index contributed by atoms with van der Waals surface area (Å²) >= 11 is 0. The van der Waals surface area contributed by atoms with Crippen molar-refractivity contribution in [2.75, 3.05) is 5.73 Å². The van der Waals surface area contributed by atoms with Gasteiger partial charge in [-0.15, -0.1) is 0 Å². The van der Waals surface area contributed by atoms with E-state index in [9.17, 15) is 0 Å². The number of hydrogen-bond donors (Lipinski definition) is 1. The molecule has 0 saturated carbocycles. The molecule has 2 aromatic rings. The molecule has 1 unspecified atom stereocenters. The third kappa shape index (κ3) is 2.11. The zero-order valence-electron chi connectivity index (χ0n) is 12.6. The maximum Gasteiger partial charge on any atom is 0.131 e. The van der Waals surface area contributed by atoms with E-state index in [1.807, 2.05) is 0 Å². The fourth-order valence-corrected chi connectivity index (χ4v) is 3.08. The number of fused-ring (bicyclic) bond motifs is 1. The lowest BCUT2D eigenvalue weighted by Gasteiger charge is -2.22. The van der Waals surface area contributed by atoms with Crippen molar-refractivity contribution in [3.63, 3.8) is 0 Å². The summed E-state index contributed by atoms with van der Waals surface area (Å²) in [6.45, 7) is 6.65. The first-order chi connectivity index (χ1) is 9.58. The molecule has 0 radical (unpaired) electrons. The minimum Gasteiger partial charge on any atom is -0.383 e. The van der Waals surface area contributed by atoms with E-state index in [1.54, 1.807) is 0 Å². The lowest BCUT2D eigenvalue weighted by atomic mass is 10.0. The highest BCUT2D eigenvalue weighted by molar-refractivity contribution is 5.71. The molecule has 1 atom stereocenters. The van der Waals surface area contributed by atoms with E-state index in [0.717, 1.165) is 29.3 Å². The topological polar surface area (TPSA) is 43.8 Å². The minimum absolute atomic E-state index is 0.468. The van der Waals surface area contributed by atoms with E-state index in [-0.39, 0.29) is 0 Å². The first-order valence-corrected chi connectivity index (χ1v) is 7.55. The predicted octanol–water partition coefficient (Wildman–Crippen LogP) is 4.15. The predicted molar refractivity (Wildman–Crippen MR) is 83.8 cm³/mol. The van der Waals surface area contributed by atoms with E-state index in [4.69, 9.17) is 10.7 Å². The van der Waals surface area contributed by atoms with Crippen LogP contribution in [0.25, 0.3) is 11.3 Å². The third-order valence-electron chi connectivity index (χ3n) is 4.33. The number of benzene rings is 1. The highest BCUT2D eigenvalue weighted by Gasteiger charge is 2.23. The number of aryl methyl sites for hydroxylation is 1. The molecule has 0 aliphatic carbocycles. The minimum atomic E-state index is 0.468. The zero-order chi connectivity index (χ0) is 14.3. The number of nitrogen functional groups attached to an aromatic ring is 1. The summed E-state index contributed by atoms with van der Waals surface area (Å²) in [5, 5.41) is 0. The van der Waals surface area contributed by atoms with E-state index in [0.29, 0.717) is 12.0 Å². The number of anilines is 1. The molecule has 1 aromatic heterocycles. The Bertz CT molecular complexity index is 608. The fraction of sp³-hybridized carbons (Fsp3) is 0.471. The summed E-state index contributed by atoms with van der Waals surface area (Å²) in [7, 11) is 0. The summed E-state index contributed by atoms with van der Waals surface area (Å²) in [6.07, 6.45) is 3.45. The van der Waals surface area contributed by atoms with Gasteiger partial charge in [0.1, 0.15) is 17.3 Å². The van der Waals surface area contributed by atoms with E-state index >= 15 is 0 Å². The van der Waals surface area contributed by atoms with Crippen LogP contribution in [-0.2, 0) is 6.42 Å². The molecule has 20 heavy (non-hydrogen) atoms. The number of hydrogen-bond acceptors (Lipinski definition) is 2. The Morgan fingerprint density at radius 1 is 1.25 bits per heavy atom. The number of nitrogens with two attached hydrogens (primary N) is 1. The number of rotatable bonds is 2. The molecule has 2 heterocycles. The largest absolute Gasteiger partial charge is 0.383 e. The molecule has 3 heteroatoms. The normalized spacial score (nSPS) is 18.3. The Morgan fingerprint density at radius 2 is 1.95 bits per heavy atom. The molecule has 3 rings (SSSR count). The van der Waals surface area contributed by atoms with Crippen molar-refractivity contribution in [3.05, 3.63) is 35.7 Å². The monoisotopic (exact) mass is 269 g/mol. The van der Waals surface area contributed by atoms with Crippen molar-refractivity contribution >= 4 is 5.82 Å². The smallest absolute Gasteiger partial charge is 0.131 e. The van der Waals surface area contributed by atoms with Gasteiger partial charge in [-0.25, -0.2) is 4.98 Å². The van der Waals surface area contributed by atoms with Crippen LogP contribution in [0.15, 0.2) is 24.3 Å². The van der Waals surface area contributed by atoms with Gasteiger partial charge in [0.2, 0.25) is 0 Å². The van der Waals surface area contributed by atoms with Gasteiger partial charge < -0.3 is 10.3 Å². The maximum atomic E-state index is 6.34. The Balaban J connectivity index is 2.02. The van der Waals surface area contributed by atoms with Gasteiger partial charge in [0.15, 0.2) is 0 Å². The molecule has 1 aromatic carbocycles. The number of aromatic nitrogens is 2. The maximum absolute atomic E-state index is 6.34. The molecule has 0 saturated heterocycles. The number of imidazole rings is 1. The van der Waals surface area contributed by atoms with Gasteiger partial charge in [-0.05, 0) is 31.2 Å². The molecule has 106 valence electrons. The van der Waals surface area contributed by atoms with Crippen molar-refractivity contribution in [2.45, 2.75) is 52.0 Å². The van der Waals surface area contributed by atoms with E-state index in [1.165, 1.54) is 18.4 Å². The SMILES string of the molecule is CC(C)c1ccc(-c2nc3n(c2N)C(C)CCC3)cc1. The molecule has 0 amide bonds. The Kier molecular flexibility index (Phi) is 3.28. The van der Waals surface area contributed by atoms with Crippen molar-refractivity contribution < 1.29 is 0 Å². The van der Waals surface area contributed by atoms with Crippen LogP contribution in [0, 0.1) is 0 Å². The molecule has 0 fully saturated rings. The van der Waals surface area contributed by atoms with Gasteiger partial charge in [0, 0.05) is 18.0 Å². The lowest BCUT2D eigenvalue weighted by molar-refractivity contribution is 0.430. The summed E-state index contributed by atoms with van der Waals surface area (Å²) < 4.78 is 2.22. The fourth-order valence-electron chi connectivity index (χ4n) is 3.08. The van der Waals surface area contributed by atoms with Crippen molar-refractivity contribution in [1.82, 2.24) is 9.55 Å². The van der Waals surface area contributed by atoms with Crippen LogP contribution in [0.1, 0.15) is 57.0 Å². The van der Waals surface area contributed by atoms with Crippen LogP contribution in [0.2, 0.25) is 0 Å². The number of nitrogens with zero attached hydrogens (tertiary/aromatic N) is 2. The summed E-state index contributed by atoms with van der Waals surface area (Å²) in [5.41, 5.74) is 9.77. The molecule has 0 bridgehead atoms. The molecule has 0 spiro atoms. The van der Waals surface area contributed by atoms with E-state index in [2.05, 4.69) is 49.6 Å². The van der Waals surface area contributed by atoms with Crippen LogP contribution in [0.4, 0.5) is 5.82 Å². The Hall–Kier alpha value is -1.77. The summed E-state index contributed by atoms with van der Waals surface area (Å²) in [4.78, 5) is 4.78. The molecule has 3 nitrogen and oxygen atoms in total. The van der Waals surface area contributed by atoms with Crippen molar-refractivity contribution in [1.29, 1.82) is 0 Å². The average Bonchev–Trinajstić information content (AvgIpc) is 2.77. The van der Waals surface area contributed by atoms with Crippen LogP contribution in [0.5, 0.6) is 0 Å². The Morgan fingerprint density at radius 3 is 2.55 bits per heavy atom. The average molecular weight is 269 g/mol. The zero-order valence-corrected chi connectivity index (χ0v) is 12.6. The van der Waals surface area contributed by atoms with Gasteiger partial charge in [-0.1, -0.05) is 38.1 Å². The van der Waals surface area contributed by atoms with E-state index < -0.39 is 0 Å². The van der Waals surface area contributed by atoms with Gasteiger partial charge >= 0.3 is 0 Å².